The highest BCUT2D eigenvalue weighted by molar-refractivity contribution is 9.11. The van der Waals surface area contributed by atoms with E-state index < -0.39 is 12.1 Å². The van der Waals surface area contributed by atoms with E-state index in [1.807, 2.05) is 0 Å². The molecule has 0 atom stereocenters. The molecular weight excluding hydrogens is 331 g/mol. The predicted octanol–water partition coefficient (Wildman–Crippen LogP) is 4.46. The molecule has 100 valence electrons. The van der Waals surface area contributed by atoms with Crippen LogP contribution in [0.2, 0.25) is 0 Å². The van der Waals surface area contributed by atoms with Gasteiger partial charge < -0.3 is 0 Å². The molecule has 1 aliphatic carbocycles. The molecule has 1 heterocycles. The topological polar surface area (TPSA) is 30.0 Å². The van der Waals surface area contributed by atoms with Crippen LogP contribution in [0.1, 0.15) is 36.2 Å². The summed E-state index contributed by atoms with van der Waals surface area (Å²) >= 11 is 4.47. The van der Waals surface area contributed by atoms with Gasteiger partial charge in [-0.1, -0.05) is 0 Å². The SMILES string of the molecule is O=C(c1csc(Br)n1)C1CCC(C(F)(F)F)CC1. The number of nitrogens with zero attached hydrogens (tertiary/aromatic N) is 1. The van der Waals surface area contributed by atoms with Crippen LogP contribution >= 0.6 is 27.3 Å². The van der Waals surface area contributed by atoms with Crippen molar-refractivity contribution in [3.05, 3.63) is 15.0 Å². The van der Waals surface area contributed by atoms with Crippen LogP contribution in [0.15, 0.2) is 9.30 Å². The van der Waals surface area contributed by atoms with E-state index in [-0.39, 0.29) is 24.5 Å². The quantitative estimate of drug-likeness (QED) is 0.743. The molecule has 0 aromatic carbocycles. The molecule has 2 rings (SSSR count). The van der Waals surface area contributed by atoms with Crippen molar-refractivity contribution in [2.24, 2.45) is 11.8 Å². The molecule has 0 spiro atoms. The van der Waals surface area contributed by atoms with Crippen molar-refractivity contribution in [2.45, 2.75) is 31.9 Å². The molecule has 1 aromatic heterocycles. The van der Waals surface area contributed by atoms with E-state index in [0.717, 1.165) is 0 Å². The lowest BCUT2D eigenvalue weighted by atomic mass is 9.79. The van der Waals surface area contributed by atoms with Crippen molar-refractivity contribution in [1.29, 1.82) is 0 Å². The maximum absolute atomic E-state index is 12.5. The number of Topliss-reactive ketones (excluding diaryl/α,β-unsaturated/α-hetero) is 1. The summed E-state index contributed by atoms with van der Waals surface area (Å²) < 4.78 is 38.1. The fourth-order valence-corrected chi connectivity index (χ4v) is 3.26. The number of thiazole rings is 1. The second-order valence-electron chi connectivity index (χ2n) is 4.44. The van der Waals surface area contributed by atoms with Crippen molar-refractivity contribution in [3.8, 4) is 0 Å². The third-order valence-corrected chi connectivity index (χ3v) is 4.65. The Balaban J connectivity index is 1.96. The van der Waals surface area contributed by atoms with Crippen molar-refractivity contribution < 1.29 is 18.0 Å². The van der Waals surface area contributed by atoms with Crippen LogP contribution in [0.4, 0.5) is 13.2 Å². The zero-order valence-corrected chi connectivity index (χ0v) is 11.7. The van der Waals surface area contributed by atoms with Crippen LogP contribution < -0.4 is 0 Å². The summed E-state index contributed by atoms with van der Waals surface area (Å²) in [4.78, 5) is 16.0. The molecule has 1 fully saturated rings. The molecule has 1 aliphatic rings. The lowest BCUT2D eigenvalue weighted by Crippen LogP contribution is -2.30. The third-order valence-electron chi connectivity index (χ3n) is 3.29. The van der Waals surface area contributed by atoms with Gasteiger partial charge in [0.1, 0.15) is 5.69 Å². The molecule has 0 radical (unpaired) electrons. The van der Waals surface area contributed by atoms with Crippen LogP contribution in [-0.2, 0) is 0 Å². The average molecular weight is 342 g/mol. The van der Waals surface area contributed by atoms with Gasteiger partial charge in [-0.15, -0.1) is 11.3 Å². The lowest BCUT2D eigenvalue weighted by Gasteiger charge is -2.28. The zero-order chi connectivity index (χ0) is 13.3. The Morgan fingerprint density at radius 2 is 1.94 bits per heavy atom. The maximum atomic E-state index is 12.5. The largest absolute Gasteiger partial charge is 0.391 e. The minimum atomic E-state index is -4.13. The molecule has 0 bridgehead atoms. The number of carbonyl (C=O) groups is 1. The van der Waals surface area contributed by atoms with Gasteiger partial charge >= 0.3 is 6.18 Å². The highest BCUT2D eigenvalue weighted by atomic mass is 79.9. The Morgan fingerprint density at radius 1 is 1.33 bits per heavy atom. The van der Waals surface area contributed by atoms with Crippen molar-refractivity contribution in [2.75, 3.05) is 0 Å². The molecular formula is C11H11BrF3NOS. The van der Waals surface area contributed by atoms with E-state index in [2.05, 4.69) is 20.9 Å². The summed E-state index contributed by atoms with van der Waals surface area (Å²) in [7, 11) is 0. The van der Waals surface area contributed by atoms with Gasteiger partial charge in [-0.3, -0.25) is 4.79 Å². The van der Waals surface area contributed by atoms with Crippen LogP contribution in [0.5, 0.6) is 0 Å². The molecule has 2 nitrogen and oxygen atoms in total. The minimum absolute atomic E-state index is 0.0468. The number of aromatic nitrogens is 1. The number of hydrogen-bond acceptors (Lipinski definition) is 3. The van der Waals surface area contributed by atoms with E-state index in [1.54, 1.807) is 5.38 Å². The summed E-state index contributed by atoms with van der Waals surface area (Å²) in [6.07, 6.45) is -3.43. The summed E-state index contributed by atoms with van der Waals surface area (Å²) in [5, 5.41) is 1.64. The number of halogens is 4. The molecule has 0 saturated heterocycles. The first-order valence-corrected chi connectivity index (χ1v) is 7.27. The molecule has 0 amide bonds. The van der Waals surface area contributed by atoms with E-state index in [4.69, 9.17) is 0 Å². The highest BCUT2D eigenvalue weighted by Gasteiger charge is 2.42. The minimum Gasteiger partial charge on any atom is -0.292 e. The summed E-state index contributed by atoms with van der Waals surface area (Å²) in [5.41, 5.74) is 0.363. The van der Waals surface area contributed by atoms with Crippen molar-refractivity contribution >= 4 is 33.0 Å². The zero-order valence-electron chi connectivity index (χ0n) is 9.34. The smallest absolute Gasteiger partial charge is 0.292 e. The Hall–Kier alpha value is -0.430. The molecule has 0 aliphatic heterocycles. The summed E-state index contributed by atoms with van der Waals surface area (Å²) in [6, 6.07) is 0. The van der Waals surface area contributed by atoms with Crippen molar-refractivity contribution in [1.82, 2.24) is 4.98 Å². The fraction of sp³-hybridized carbons (Fsp3) is 0.636. The standard InChI is InChI=1S/C11H11BrF3NOS/c12-10-16-8(5-18-10)9(17)6-1-3-7(4-2-6)11(13,14)15/h5-7H,1-4H2. The van der Waals surface area contributed by atoms with E-state index in [0.29, 0.717) is 22.5 Å². The maximum Gasteiger partial charge on any atom is 0.391 e. The van der Waals surface area contributed by atoms with Gasteiger partial charge in [0.2, 0.25) is 0 Å². The predicted molar refractivity (Wildman–Crippen MR) is 65.6 cm³/mol. The van der Waals surface area contributed by atoms with E-state index in [1.165, 1.54) is 11.3 Å². The number of hydrogen-bond donors (Lipinski definition) is 0. The first-order chi connectivity index (χ1) is 8.38. The first-order valence-electron chi connectivity index (χ1n) is 5.60. The normalized spacial score (nSPS) is 25.1. The van der Waals surface area contributed by atoms with Gasteiger partial charge in [0, 0.05) is 11.3 Å². The molecule has 18 heavy (non-hydrogen) atoms. The van der Waals surface area contributed by atoms with Gasteiger partial charge in [-0.25, -0.2) is 4.98 Å². The monoisotopic (exact) mass is 341 g/mol. The van der Waals surface area contributed by atoms with Crippen molar-refractivity contribution in [3.63, 3.8) is 0 Å². The van der Waals surface area contributed by atoms with E-state index >= 15 is 0 Å². The van der Waals surface area contributed by atoms with Gasteiger partial charge in [0.25, 0.3) is 0 Å². The van der Waals surface area contributed by atoms with Gasteiger partial charge in [0.05, 0.1) is 5.92 Å². The second-order valence-corrected chi connectivity index (χ2v) is 6.57. The molecule has 0 N–H and O–H groups in total. The molecule has 1 saturated carbocycles. The summed E-state index contributed by atoms with van der Waals surface area (Å²) in [6.45, 7) is 0. The van der Waals surface area contributed by atoms with Crippen LogP contribution in [0, 0.1) is 11.8 Å². The third kappa shape index (κ3) is 3.12. The first kappa shape index (κ1) is 14.0. The summed E-state index contributed by atoms with van der Waals surface area (Å²) in [5.74, 6) is -1.68. The fourth-order valence-electron chi connectivity index (χ4n) is 2.26. The molecule has 7 heteroatoms. The van der Waals surface area contributed by atoms with Crippen LogP contribution in [0.3, 0.4) is 0 Å². The second kappa shape index (κ2) is 5.28. The molecule has 1 aromatic rings. The van der Waals surface area contributed by atoms with Gasteiger partial charge in [0.15, 0.2) is 9.70 Å². The van der Waals surface area contributed by atoms with Crippen LogP contribution in [-0.4, -0.2) is 16.9 Å². The Kier molecular flexibility index (Phi) is 4.11. The highest BCUT2D eigenvalue weighted by Crippen LogP contribution is 2.40. The van der Waals surface area contributed by atoms with E-state index in [9.17, 15) is 18.0 Å². The number of rotatable bonds is 2. The van der Waals surface area contributed by atoms with Crippen LogP contribution in [0.25, 0.3) is 0 Å². The number of alkyl halides is 3. The Morgan fingerprint density at radius 3 is 2.39 bits per heavy atom. The van der Waals surface area contributed by atoms with Gasteiger partial charge in [-0.05, 0) is 41.6 Å². The van der Waals surface area contributed by atoms with Gasteiger partial charge in [-0.2, -0.15) is 13.2 Å². The Labute approximate surface area is 115 Å². The number of carbonyl (C=O) groups excluding carboxylic acids is 1. The Bertz CT molecular complexity index is 438. The number of ketones is 1. The lowest BCUT2D eigenvalue weighted by molar-refractivity contribution is -0.183. The average Bonchev–Trinajstić information content (AvgIpc) is 2.74. The molecule has 0 unspecified atom stereocenters.